The van der Waals surface area contributed by atoms with Gasteiger partial charge in [0.1, 0.15) is 11.5 Å². The van der Waals surface area contributed by atoms with E-state index >= 15 is 0 Å². The van der Waals surface area contributed by atoms with Crippen LogP contribution in [0.15, 0.2) is 84.9 Å². The molecule has 0 aromatic heterocycles. The quantitative estimate of drug-likeness (QED) is 0.118. The second-order valence-corrected chi connectivity index (χ2v) is 7.99. The minimum Gasteiger partial charge on any atom is -0.504 e. The molecular formula is C28H18O8. The SMILES string of the molecule is O=C(Oc1ccc(OC(=O)c2ccc(O)c(O)c2)c2cc3ccccc3cc12)c1ccc(O)c(O)c1. The van der Waals surface area contributed by atoms with Gasteiger partial charge in [0.2, 0.25) is 0 Å². The third-order valence-corrected chi connectivity index (χ3v) is 5.63. The highest BCUT2D eigenvalue weighted by Gasteiger charge is 2.18. The number of hydrogen-bond donors (Lipinski definition) is 4. The van der Waals surface area contributed by atoms with E-state index in [1.165, 1.54) is 36.4 Å². The predicted molar refractivity (Wildman–Crippen MR) is 131 cm³/mol. The number of hydrogen-bond acceptors (Lipinski definition) is 8. The summed E-state index contributed by atoms with van der Waals surface area (Å²) in [5, 5.41) is 41.1. The van der Waals surface area contributed by atoms with Crippen LogP contribution in [-0.2, 0) is 0 Å². The average molecular weight is 482 g/mol. The fourth-order valence-electron chi connectivity index (χ4n) is 3.78. The van der Waals surface area contributed by atoms with Crippen LogP contribution in [-0.4, -0.2) is 32.4 Å². The number of esters is 2. The van der Waals surface area contributed by atoms with Crippen LogP contribution in [0.2, 0.25) is 0 Å². The maximum atomic E-state index is 12.7. The van der Waals surface area contributed by atoms with E-state index in [2.05, 4.69) is 0 Å². The van der Waals surface area contributed by atoms with Crippen molar-refractivity contribution in [1.82, 2.24) is 0 Å². The summed E-state index contributed by atoms with van der Waals surface area (Å²) < 4.78 is 11.2. The van der Waals surface area contributed by atoms with Crippen LogP contribution >= 0.6 is 0 Å². The molecule has 0 bridgehead atoms. The first-order chi connectivity index (χ1) is 17.3. The third-order valence-electron chi connectivity index (χ3n) is 5.63. The Morgan fingerprint density at radius 1 is 0.500 bits per heavy atom. The lowest BCUT2D eigenvalue weighted by Gasteiger charge is -2.13. The van der Waals surface area contributed by atoms with Crippen molar-refractivity contribution in [3.05, 3.63) is 96.1 Å². The van der Waals surface area contributed by atoms with E-state index in [4.69, 9.17) is 9.47 Å². The highest BCUT2D eigenvalue weighted by atomic mass is 16.5. The van der Waals surface area contributed by atoms with E-state index in [-0.39, 0.29) is 34.1 Å². The van der Waals surface area contributed by atoms with Gasteiger partial charge in [-0.1, -0.05) is 24.3 Å². The van der Waals surface area contributed by atoms with E-state index in [1.54, 1.807) is 12.1 Å². The third kappa shape index (κ3) is 4.19. The Morgan fingerprint density at radius 3 is 1.31 bits per heavy atom. The first kappa shape index (κ1) is 22.5. The number of phenolic OH excluding ortho intramolecular Hbond substituents is 4. The summed E-state index contributed by atoms with van der Waals surface area (Å²) in [6, 6.07) is 21.2. The summed E-state index contributed by atoms with van der Waals surface area (Å²) in [7, 11) is 0. The largest absolute Gasteiger partial charge is 0.504 e. The Hall–Kier alpha value is -5.24. The second kappa shape index (κ2) is 8.84. The fraction of sp³-hybridized carbons (Fsp3) is 0. The van der Waals surface area contributed by atoms with Crippen molar-refractivity contribution < 1.29 is 39.5 Å². The number of benzene rings is 5. The zero-order chi connectivity index (χ0) is 25.4. The van der Waals surface area contributed by atoms with Crippen LogP contribution in [0.3, 0.4) is 0 Å². The molecule has 5 aromatic carbocycles. The van der Waals surface area contributed by atoms with Crippen molar-refractivity contribution >= 4 is 33.5 Å². The molecule has 5 aromatic rings. The van der Waals surface area contributed by atoms with Gasteiger partial charge in [0.05, 0.1) is 11.1 Å². The summed E-state index contributed by atoms with van der Waals surface area (Å²) in [4.78, 5) is 25.5. The molecule has 0 aliphatic carbocycles. The van der Waals surface area contributed by atoms with Crippen molar-refractivity contribution in [1.29, 1.82) is 0 Å². The Labute approximate surface area is 203 Å². The van der Waals surface area contributed by atoms with Gasteiger partial charge in [-0.25, -0.2) is 9.59 Å². The number of rotatable bonds is 4. The Morgan fingerprint density at radius 2 is 0.917 bits per heavy atom. The predicted octanol–water partition coefficient (Wildman–Crippen LogP) is 5.25. The number of carbonyl (C=O) groups excluding carboxylic acids is 2. The number of aromatic hydroxyl groups is 4. The molecule has 0 unspecified atom stereocenters. The molecule has 0 saturated heterocycles. The molecule has 0 atom stereocenters. The van der Waals surface area contributed by atoms with Crippen molar-refractivity contribution in [3.8, 4) is 34.5 Å². The van der Waals surface area contributed by atoms with Crippen molar-refractivity contribution in [2.24, 2.45) is 0 Å². The zero-order valence-electron chi connectivity index (χ0n) is 18.5. The van der Waals surface area contributed by atoms with Gasteiger partial charge < -0.3 is 29.9 Å². The Balaban J connectivity index is 1.57. The molecule has 8 nitrogen and oxygen atoms in total. The van der Waals surface area contributed by atoms with E-state index in [0.717, 1.165) is 22.9 Å². The minimum atomic E-state index is -0.760. The zero-order valence-corrected chi connectivity index (χ0v) is 18.5. The molecule has 0 fully saturated rings. The maximum absolute atomic E-state index is 12.7. The summed E-state index contributed by atoms with van der Waals surface area (Å²) in [6.07, 6.45) is 0. The highest BCUT2D eigenvalue weighted by molar-refractivity contribution is 6.06. The number of fused-ring (bicyclic) bond motifs is 2. The van der Waals surface area contributed by atoms with Gasteiger partial charge in [-0.3, -0.25) is 0 Å². The van der Waals surface area contributed by atoms with Crippen LogP contribution in [0, 0.1) is 0 Å². The molecule has 36 heavy (non-hydrogen) atoms. The van der Waals surface area contributed by atoms with E-state index < -0.39 is 23.4 Å². The van der Waals surface area contributed by atoms with Crippen LogP contribution in [0.1, 0.15) is 20.7 Å². The number of ether oxygens (including phenoxy) is 2. The first-order valence-corrected chi connectivity index (χ1v) is 10.7. The lowest BCUT2D eigenvalue weighted by atomic mass is 10.0. The van der Waals surface area contributed by atoms with Crippen molar-refractivity contribution in [2.75, 3.05) is 0 Å². The molecular weight excluding hydrogens is 464 g/mol. The first-order valence-electron chi connectivity index (χ1n) is 10.7. The average Bonchev–Trinajstić information content (AvgIpc) is 2.87. The van der Waals surface area contributed by atoms with Gasteiger partial charge in [0, 0.05) is 10.8 Å². The van der Waals surface area contributed by atoms with E-state index in [0.29, 0.717) is 10.8 Å². The van der Waals surface area contributed by atoms with Gasteiger partial charge in [-0.15, -0.1) is 0 Å². The van der Waals surface area contributed by atoms with Gasteiger partial charge in [0.25, 0.3) is 0 Å². The Bertz CT molecular complexity index is 1550. The summed E-state index contributed by atoms with van der Waals surface area (Å²) in [6.45, 7) is 0. The second-order valence-electron chi connectivity index (χ2n) is 7.99. The monoisotopic (exact) mass is 482 g/mol. The maximum Gasteiger partial charge on any atom is 0.343 e. The molecule has 0 radical (unpaired) electrons. The van der Waals surface area contributed by atoms with Gasteiger partial charge >= 0.3 is 11.9 Å². The summed E-state index contributed by atoms with van der Waals surface area (Å²) in [5.41, 5.74) is 0.0590. The molecule has 178 valence electrons. The molecule has 0 saturated carbocycles. The molecule has 0 spiro atoms. The van der Waals surface area contributed by atoms with Crippen LogP contribution in [0.25, 0.3) is 21.5 Å². The van der Waals surface area contributed by atoms with Crippen LogP contribution in [0.4, 0.5) is 0 Å². The van der Waals surface area contributed by atoms with Crippen LogP contribution < -0.4 is 9.47 Å². The minimum absolute atomic E-state index is 0.0295. The molecule has 5 rings (SSSR count). The lowest BCUT2D eigenvalue weighted by molar-refractivity contribution is 0.0722. The molecule has 0 amide bonds. The highest BCUT2D eigenvalue weighted by Crippen LogP contribution is 2.37. The standard InChI is InChI=1S/C28H18O8/c29-21-7-5-17(13-23(21)31)27(33)35-25-9-10-26(36-28(34)18-6-8-22(30)24(32)14-18)20-12-16-4-2-1-3-15(16)11-19(20)25/h1-14,29-32H. The van der Waals surface area contributed by atoms with Crippen LogP contribution in [0.5, 0.6) is 34.5 Å². The number of carbonyl (C=O) groups is 2. The van der Waals surface area contributed by atoms with Crippen molar-refractivity contribution in [2.45, 2.75) is 0 Å². The molecule has 4 N–H and O–H groups in total. The fourth-order valence-corrected chi connectivity index (χ4v) is 3.78. The summed E-state index contributed by atoms with van der Waals surface area (Å²) >= 11 is 0. The van der Waals surface area contributed by atoms with Crippen molar-refractivity contribution in [3.63, 3.8) is 0 Å². The topological polar surface area (TPSA) is 134 Å². The molecule has 8 heteroatoms. The number of phenols is 4. The van der Waals surface area contributed by atoms with Gasteiger partial charge in [-0.05, 0) is 71.4 Å². The Kier molecular flexibility index (Phi) is 5.54. The van der Waals surface area contributed by atoms with Gasteiger partial charge in [0.15, 0.2) is 23.0 Å². The molecule has 0 aliphatic rings. The van der Waals surface area contributed by atoms with Gasteiger partial charge in [-0.2, -0.15) is 0 Å². The van der Waals surface area contributed by atoms with E-state index in [9.17, 15) is 30.0 Å². The normalized spacial score (nSPS) is 10.9. The summed E-state index contributed by atoms with van der Waals surface area (Å²) in [5.74, 6) is -2.78. The lowest BCUT2D eigenvalue weighted by Crippen LogP contribution is -2.10. The molecule has 0 heterocycles. The smallest absolute Gasteiger partial charge is 0.343 e. The molecule has 0 aliphatic heterocycles. The van der Waals surface area contributed by atoms with E-state index in [1.807, 2.05) is 24.3 Å².